The summed E-state index contributed by atoms with van der Waals surface area (Å²) in [6.07, 6.45) is 2.95. The van der Waals surface area contributed by atoms with E-state index in [0.29, 0.717) is 12.3 Å². The van der Waals surface area contributed by atoms with E-state index in [9.17, 15) is 8.78 Å². The van der Waals surface area contributed by atoms with Gasteiger partial charge in [0.25, 0.3) is 6.43 Å². The van der Waals surface area contributed by atoms with Crippen molar-refractivity contribution in [3.05, 3.63) is 0 Å². The van der Waals surface area contributed by atoms with Gasteiger partial charge < -0.3 is 5.32 Å². The van der Waals surface area contributed by atoms with Gasteiger partial charge in [0.05, 0.1) is 6.04 Å². The van der Waals surface area contributed by atoms with E-state index in [1.165, 1.54) is 12.8 Å². The molecule has 17 heavy (non-hydrogen) atoms. The third-order valence-corrected chi connectivity index (χ3v) is 3.85. The Labute approximate surface area is 109 Å². The molecule has 2 aliphatic heterocycles. The van der Waals surface area contributed by atoms with Crippen LogP contribution in [0.4, 0.5) is 8.78 Å². The maximum atomic E-state index is 12.9. The molecule has 0 aromatic heterocycles. The fourth-order valence-corrected chi connectivity index (χ4v) is 2.94. The molecule has 0 aromatic rings. The molecule has 0 saturated carbocycles. The number of nitrogens with one attached hydrogen (secondary N) is 1. The Hall–Kier alpha value is 0.0700. The molecule has 0 radical (unpaired) electrons. The predicted molar refractivity (Wildman–Crippen MR) is 68.1 cm³/mol. The molecule has 0 amide bonds. The van der Waals surface area contributed by atoms with E-state index in [0.717, 1.165) is 39.0 Å². The monoisotopic (exact) mass is 268 g/mol. The van der Waals surface area contributed by atoms with Crippen molar-refractivity contribution in [1.29, 1.82) is 0 Å². The van der Waals surface area contributed by atoms with Crippen LogP contribution in [0.5, 0.6) is 0 Å². The molecule has 0 aromatic carbocycles. The van der Waals surface area contributed by atoms with E-state index in [-0.39, 0.29) is 12.4 Å². The van der Waals surface area contributed by atoms with Gasteiger partial charge in [0.2, 0.25) is 0 Å². The van der Waals surface area contributed by atoms with Gasteiger partial charge in [-0.05, 0) is 51.2 Å². The zero-order chi connectivity index (χ0) is 11.4. The Morgan fingerprint density at radius 3 is 2.65 bits per heavy atom. The summed E-state index contributed by atoms with van der Waals surface area (Å²) in [7, 11) is 0. The summed E-state index contributed by atoms with van der Waals surface area (Å²) >= 11 is 0. The van der Waals surface area contributed by atoms with Gasteiger partial charge in [0, 0.05) is 6.54 Å². The van der Waals surface area contributed by atoms with Crippen LogP contribution in [0.3, 0.4) is 0 Å². The van der Waals surface area contributed by atoms with E-state index < -0.39 is 12.5 Å². The van der Waals surface area contributed by atoms with Crippen LogP contribution in [0.2, 0.25) is 0 Å². The van der Waals surface area contributed by atoms with Crippen LogP contribution in [-0.4, -0.2) is 43.5 Å². The van der Waals surface area contributed by atoms with Gasteiger partial charge in [0.1, 0.15) is 0 Å². The molecule has 5 heteroatoms. The minimum atomic E-state index is -2.17. The number of nitrogens with zero attached hydrogens (tertiary/aromatic N) is 1. The van der Waals surface area contributed by atoms with Gasteiger partial charge in [-0.15, -0.1) is 12.4 Å². The van der Waals surface area contributed by atoms with Crippen LogP contribution < -0.4 is 5.32 Å². The molecule has 2 rings (SSSR count). The van der Waals surface area contributed by atoms with Crippen molar-refractivity contribution in [3.8, 4) is 0 Å². The molecule has 2 saturated heterocycles. The summed E-state index contributed by atoms with van der Waals surface area (Å²) in [6, 6.07) is -0.476. The molecule has 102 valence electrons. The highest BCUT2D eigenvalue weighted by atomic mass is 35.5. The largest absolute Gasteiger partial charge is 0.316 e. The minimum Gasteiger partial charge on any atom is -0.316 e. The summed E-state index contributed by atoms with van der Waals surface area (Å²) in [6.45, 7) is 3.83. The van der Waals surface area contributed by atoms with Crippen LogP contribution >= 0.6 is 12.4 Å². The van der Waals surface area contributed by atoms with E-state index in [4.69, 9.17) is 0 Å². The summed E-state index contributed by atoms with van der Waals surface area (Å²) in [5.41, 5.74) is 0. The summed E-state index contributed by atoms with van der Waals surface area (Å²) in [4.78, 5) is 2.03. The molecule has 2 nitrogen and oxygen atoms in total. The van der Waals surface area contributed by atoms with Gasteiger partial charge in [-0.3, -0.25) is 4.90 Å². The van der Waals surface area contributed by atoms with Crippen molar-refractivity contribution < 1.29 is 8.78 Å². The van der Waals surface area contributed by atoms with Crippen molar-refractivity contribution in [2.24, 2.45) is 5.92 Å². The number of rotatable bonds is 3. The van der Waals surface area contributed by atoms with Gasteiger partial charge in [-0.1, -0.05) is 6.42 Å². The van der Waals surface area contributed by atoms with Gasteiger partial charge in [-0.25, -0.2) is 8.78 Å². The molecule has 0 spiro atoms. The minimum absolute atomic E-state index is 0. The van der Waals surface area contributed by atoms with Crippen molar-refractivity contribution in [2.75, 3.05) is 26.2 Å². The molecule has 2 fully saturated rings. The molecule has 0 bridgehead atoms. The van der Waals surface area contributed by atoms with Crippen molar-refractivity contribution in [3.63, 3.8) is 0 Å². The molecule has 2 heterocycles. The van der Waals surface area contributed by atoms with E-state index in [1.54, 1.807) is 0 Å². The van der Waals surface area contributed by atoms with E-state index in [1.807, 2.05) is 4.90 Å². The zero-order valence-corrected chi connectivity index (χ0v) is 11.0. The number of hydrogen-bond donors (Lipinski definition) is 1. The quantitative estimate of drug-likeness (QED) is 0.846. The second kappa shape index (κ2) is 7.49. The topological polar surface area (TPSA) is 15.3 Å². The molecular weight excluding hydrogens is 246 g/mol. The highest BCUT2D eigenvalue weighted by molar-refractivity contribution is 5.85. The lowest BCUT2D eigenvalue weighted by atomic mass is 9.95. The maximum Gasteiger partial charge on any atom is 0.253 e. The number of alkyl halides is 2. The van der Waals surface area contributed by atoms with E-state index >= 15 is 0 Å². The van der Waals surface area contributed by atoms with E-state index in [2.05, 4.69) is 5.32 Å². The smallest absolute Gasteiger partial charge is 0.253 e. The molecule has 2 atom stereocenters. The van der Waals surface area contributed by atoms with Gasteiger partial charge >= 0.3 is 0 Å². The molecule has 2 unspecified atom stereocenters. The normalized spacial score (nSPS) is 31.2. The van der Waals surface area contributed by atoms with Crippen molar-refractivity contribution in [2.45, 2.75) is 44.6 Å². The Morgan fingerprint density at radius 1 is 1.18 bits per heavy atom. The SMILES string of the molecule is Cl.FC(F)C1CCCCN1CC1CCCNC1. The van der Waals surface area contributed by atoms with Crippen LogP contribution in [0, 0.1) is 5.92 Å². The number of likely N-dealkylation sites (tertiary alicyclic amines) is 1. The summed E-state index contributed by atoms with van der Waals surface area (Å²) in [5.74, 6) is 0.577. The third kappa shape index (κ3) is 4.34. The average Bonchev–Trinajstić information content (AvgIpc) is 2.31. The highest BCUT2D eigenvalue weighted by Gasteiger charge is 2.31. The lowest BCUT2D eigenvalue weighted by Crippen LogP contribution is -2.48. The second-order valence-corrected chi connectivity index (χ2v) is 5.10. The van der Waals surface area contributed by atoms with Crippen LogP contribution in [-0.2, 0) is 0 Å². The molecule has 1 N–H and O–H groups in total. The van der Waals surface area contributed by atoms with Crippen LogP contribution in [0.25, 0.3) is 0 Å². The molecule has 0 aliphatic carbocycles. The molecular formula is C12H23ClF2N2. The number of hydrogen-bond acceptors (Lipinski definition) is 2. The Kier molecular flexibility index (Phi) is 6.67. The first-order valence-electron chi connectivity index (χ1n) is 6.50. The Bertz CT molecular complexity index is 211. The highest BCUT2D eigenvalue weighted by Crippen LogP contribution is 2.24. The van der Waals surface area contributed by atoms with Crippen molar-refractivity contribution in [1.82, 2.24) is 10.2 Å². The molecule has 2 aliphatic rings. The van der Waals surface area contributed by atoms with Gasteiger partial charge in [-0.2, -0.15) is 0 Å². The van der Waals surface area contributed by atoms with Crippen molar-refractivity contribution >= 4 is 12.4 Å². The van der Waals surface area contributed by atoms with Crippen LogP contribution in [0.15, 0.2) is 0 Å². The fourth-order valence-electron chi connectivity index (χ4n) is 2.94. The first kappa shape index (κ1) is 15.1. The van der Waals surface area contributed by atoms with Crippen LogP contribution in [0.1, 0.15) is 32.1 Å². The summed E-state index contributed by atoms with van der Waals surface area (Å²) in [5, 5.41) is 3.35. The number of halogens is 3. The predicted octanol–water partition coefficient (Wildman–Crippen LogP) is 2.53. The Morgan fingerprint density at radius 2 is 2.00 bits per heavy atom. The lowest BCUT2D eigenvalue weighted by molar-refractivity contribution is -0.00439. The maximum absolute atomic E-state index is 12.9. The summed E-state index contributed by atoms with van der Waals surface area (Å²) < 4.78 is 25.7. The second-order valence-electron chi connectivity index (χ2n) is 5.10. The zero-order valence-electron chi connectivity index (χ0n) is 10.2. The first-order chi connectivity index (χ1) is 7.77. The standard InChI is InChI=1S/C12H22F2N2.ClH/c13-12(14)11-5-1-2-7-16(11)9-10-4-3-6-15-8-10;/h10-12,15H,1-9H2;1H. The fraction of sp³-hybridized carbons (Fsp3) is 1.00. The first-order valence-corrected chi connectivity index (χ1v) is 6.50. The average molecular weight is 269 g/mol. The Balaban J connectivity index is 0.00000144. The third-order valence-electron chi connectivity index (χ3n) is 3.85. The number of piperidine rings is 2. The lowest BCUT2D eigenvalue weighted by Gasteiger charge is -2.38. The van der Waals surface area contributed by atoms with Gasteiger partial charge in [0.15, 0.2) is 0 Å².